The van der Waals surface area contributed by atoms with E-state index < -0.39 is 11.9 Å². The normalized spacial score (nSPS) is 12.2. The van der Waals surface area contributed by atoms with E-state index in [1.54, 1.807) is 19.1 Å². The van der Waals surface area contributed by atoms with Gasteiger partial charge < -0.3 is 5.73 Å². The topological polar surface area (TPSA) is 49.8 Å². The molecule has 1 atom stereocenters. The van der Waals surface area contributed by atoms with Gasteiger partial charge in [0.15, 0.2) is 0 Å². The van der Waals surface area contributed by atoms with Crippen LogP contribution in [-0.2, 0) is 0 Å². The summed E-state index contributed by atoms with van der Waals surface area (Å²) in [6.07, 6.45) is 0. The highest BCUT2D eigenvalue weighted by Gasteiger charge is 2.15. The lowest BCUT2D eigenvalue weighted by molar-refractivity contribution is 0.603. The molecule has 1 aromatic rings. The summed E-state index contributed by atoms with van der Waals surface area (Å²) < 4.78 is 13.2. The number of benzene rings is 1. The Morgan fingerprint density at radius 3 is 2.77 bits per heavy atom. The number of hydrogen-bond acceptors (Lipinski definition) is 2. The first-order chi connectivity index (χ1) is 6.07. The molecule has 0 aromatic heterocycles. The smallest absolute Gasteiger partial charge is 0.130 e. The molecule has 68 valence electrons. The van der Waals surface area contributed by atoms with Crippen molar-refractivity contribution in [3.05, 3.63) is 34.1 Å². The molecule has 2 N–H and O–H groups in total. The highest BCUT2D eigenvalue weighted by atomic mass is 35.5. The second-order valence-corrected chi connectivity index (χ2v) is 3.08. The summed E-state index contributed by atoms with van der Waals surface area (Å²) in [5.74, 6) is -0.537. The molecule has 0 heterocycles. The minimum absolute atomic E-state index is 0.0733. The molecule has 1 unspecified atom stereocenters. The maximum Gasteiger partial charge on any atom is 0.130 e. The van der Waals surface area contributed by atoms with Crippen LogP contribution in [0.2, 0.25) is 5.02 Å². The van der Waals surface area contributed by atoms with Gasteiger partial charge in [0.2, 0.25) is 0 Å². The molecular formula is C9H8ClFN2. The first-order valence-corrected chi connectivity index (χ1v) is 4.05. The van der Waals surface area contributed by atoms with Gasteiger partial charge in [-0.1, -0.05) is 17.7 Å². The van der Waals surface area contributed by atoms with Gasteiger partial charge in [0.25, 0.3) is 0 Å². The molecule has 13 heavy (non-hydrogen) atoms. The third-order valence-electron chi connectivity index (χ3n) is 1.77. The third-order valence-corrected chi connectivity index (χ3v) is 2.27. The van der Waals surface area contributed by atoms with Crippen molar-refractivity contribution in [3.63, 3.8) is 0 Å². The van der Waals surface area contributed by atoms with E-state index in [4.69, 9.17) is 22.6 Å². The van der Waals surface area contributed by atoms with Gasteiger partial charge in [0.1, 0.15) is 11.9 Å². The predicted octanol–water partition coefficient (Wildman–Crippen LogP) is 2.31. The van der Waals surface area contributed by atoms with Gasteiger partial charge in [-0.05, 0) is 18.6 Å². The highest BCUT2D eigenvalue weighted by molar-refractivity contribution is 6.32. The van der Waals surface area contributed by atoms with Crippen molar-refractivity contribution < 1.29 is 4.39 Å². The molecule has 0 aliphatic heterocycles. The van der Waals surface area contributed by atoms with Crippen molar-refractivity contribution in [3.8, 4) is 6.07 Å². The Morgan fingerprint density at radius 1 is 1.62 bits per heavy atom. The molecule has 2 nitrogen and oxygen atoms in total. The summed E-state index contributed by atoms with van der Waals surface area (Å²) in [4.78, 5) is 0. The van der Waals surface area contributed by atoms with Crippen molar-refractivity contribution in [1.29, 1.82) is 5.26 Å². The fourth-order valence-corrected chi connectivity index (χ4v) is 1.30. The Balaban J connectivity index is 3.35. The molecule has 0 fully saturated rings. The largest absolute Gasteiger partial charge is 0.312 e. The van der Waals surface area contributed by atoms with Gasteiger partial charge in [-0.3, -0.25) is 0 Å². The van der Waals surface area contributed by atoms with Gasteiger partial charge in [-0.25, -0.2) is 4.39 Å². The van der Waals surface area contributed by atoms with E-state index >= 15 is 0 Å². The van der Waals surface area contributed by atoms with Crippen molar-refractivity contribution in [2.24, 2.45) is 5.73 Å². The van der Waals surface area contributed by atoms with Gasteiger partial charge in [-0.2, -0.15) is 5.26 Å². The molecular weight excluding hydrogens is 191 g/mol. The van der Waals surface area contributed by atoms with Crippen LogP contribution in [0.1, 0.15) is 17.2 Å². The molecule has 0 spiro atoms. The molecule has 0 saturated heterocycles. The summed E-state index contributed by atoms with van der Waals surface area (Å²) in [5, 5.41) is 8.76. The molecule has 4 heteroatoms. The third kappa shape index (κ3) is 1.80. The minimum atomic E-state index is -1.01. The standard InChI is InChI=1S/C9H8ClFN2/c1-5-2-3-6(11)8(9(5)10)7(13)4-12/h2-3,7H,13H2,1H3. The quantitative estimate of drug-likeness (QED) is 0.753. The lowest BCUT2D eigenvalue weighted by atomic mass is 10.1. The number of aryl methyl sites for hydroxylation is 1. The summed E-state index contributed by atoms with van der Waals surface area (Å²) in [6, 6.07) is 3.54. The van der Waals surface area contributed by atoms with Crippen LogP contribution in [-0.4, -0.2) is 0 Å². The number of nitrogens with zero attached hydrogens (tertiary/aromatic N) is 1. The SMILES string of the molecule is Cc1ccc(F)c(C(N)C#N)c1Cl. The monoisotopic (exact) mass is 198 g/mol. The molecule has 0 aliphatic carbocycles. The first kappa shape index (κ1) is 9.97. The van der Waals surface area contributed by atoms with Crippen LogP contribution in [0.4, 0.5) is 4.39 Å². The van der Waals surface area contributed by atoms with Crippen molar-refractivity contribution >= 4 is 11.6 Å². The maximum absolute atomic E-state index is 13.2. The number of nitriles is 1. The van der Waals surface area contributed by atoms with Gasteiger partial charge >= 0.3 is 0 Å². The Bertz CT molecular complexity index is 371. The van der Waals surface area contributed by atoms with E-state index in [0.717, 1.165) is 0 Å². The van der Waals surface area contributed by atoms with Crippen molar-refractivity contribution in [2.75, 3.05) is 0 Å². The zero-order chi connectivity index (χ0) is 10.0. The number of rotatable bonds is 1. The molecule has 0 bridgehead atoms. The Hall–Kier alpha value is -1.11. The van der Waals surface area contributed by atoms with E-state index in [-0.39, 0.29) is 10.6 Å². The van der Waals surface area contributed by atoms with Gasteiger partial charge in [0.05, 0.1) is 11.1 Å². The molecule has 1 aromatic carbocycles. The molecule has 0 aliphatic rings. The zero-order valence-electron chi connectivity index (χ0n) is 7.01. The van der Waals surface area contributed by atoms with Crippen LogP contribution >= 0.6 is 11.6 Å². The van der Waals surface area contributed by atoms with Crippen molar-refractivity contribution in [1.82, 2.24) is 0 Å². The second-order valence-electron chi connectivity index (χ2n) is 2.70. The van der Waals surface area contributed by atoms with Gasteiger partial charge in [0, 0.05) is 5.56 Å². The Labute approximate surface area is 80.7 Å². The molecule has 0 radical (unpaired) electrons. The van der Waals surface area contributed by atoms with E-state index in [9.17, 15) is 4.39 Å². The Morgan fingerprint density at radius 2 is 2.23 bits per heavy atom. The van der Waals surface area contributed by atoms with E-state index in [2.05, 4.69) is 0 Å². The van der Waals surface area contributed by atoms with E-state index in [1.165, 1.54) is 6.07 Å². The average molecular weight is 199 g/mol. The maximum atomic E-state index is 13.2. The summed E-state index contributed by atoms with van der Waals surface area (Å²) in [7, 11) is 0. The zero-order valence-corrected chi connectivity index (χ0v) is 7.77. The van der Waals surface area contributed by atoms with Crippen LogP contribution < -0.4 is 5.73 Å². The number of nitrogens with two attached hydrogens (primary N) is 1. The molecule has 0 saturated carbocycles. The molecule has 1 rings (SSSR count). The van der Waals surface area contributed by atoms with Gasteiger partial charge in [-0.15, -0.1) is 0 Å². The van der Waals surface area contributed by atoms with Crippen LogP contribution in [0.15, 0.2) is 12.1 Å². The van der Waals surface area contributed by atoms with Crippen LogP contribution in [0.5, 0.6) is 0 Å². The van der Waals surface area contributed by atoms with E-state index in [0.29, 0.717) is 5.56 Å². The Kier molecular flexibility index (Phi) is 2.86. The minimum Gasteiger partial charge on any atom is -0.312 e. The molecule has 0 amide bonds. The average Bonchev–Trinajstić information content (AvgIpc) is 2.12. The van der Waals surface area contributed by atoms with Crippen LogP contribution in [0.25, 0.3) is 0 Å². The fourth-order valence-electron chi connectivity index (χ4n) is 1.03. The second kappa shape index (κ2) is 3.73. The first-order valence-electron chi connectivity index (χ1n) is 3.67. The fraction of sp³-hybridized carbons (Fsp3) is 0.222. The highest BCUT2D eigenvalue weighted by Crippen LogP contribution is 2.27. The number of hydrogen-bond donors (Lipinski definition) is 1. The van der Waals surface area contributed by atoms with Crippen molar-refractivity contribution in [2.45, 2.75) is 13.0 Å². The van der Waals surface area contributed by atoms with Crippen LogP contribution in [0.3, 0.4) is 0 Å². The number of halogens is 2. The lowest BCUT2D eigenvalue weighted by Crippen LogP contribution is -2.10. The predicted molar refractivity (Wildman–Crippen MR) is 48.7 cm³/mol. The summed E-state index contributed by atoms with van der Waals surface area (Å²) >= 11 is 5.80. The summed E-state index contributed by atoms with van der Waals surface area (Å²) in [5.41, 5.74) is 6.16. The van der Waals surface area contributed by atoms with E-state index in [1.807, 2.05) is 0 Å². The van der Waals surface area contributed by atoms with Crippen LogP contribution in [0, 0.1) is 24.1 Å². The summed E-state index contributed by atoms with van der Waals surface area (Å²) in [6.45, 7) is 1.73. The lowest BCUT2D eigenvalue weighted by Gasteiger charge is -2.09.